The number of aryl methyl sites for hydroxylation is 1. The molecule has 3 heterocycles. The van der Waals surface area contributed by atoms with Crippen LogP contribution in [0.5, 0.6) is 0 Å². The molecule has 3 aromatic heterocycles. The Kier molecular flexibility index (Phi) is 3.08. The predicted octanol–water partition coefficient (Wildman–Crippen LogP) is 2.23. The molecule has 3 N–H and O–H groups in total. The number of fused-ring (bicyclic) bond motifs is 2. The van der Waals surface area contributed by atoms with Gasteiger partial charge >= 0.3 is 0 Å². The number of aromatic nitrogens is 6. The van der Waals surface area contributed by atoms with Gasteiger partial charge in [-0.1, -0.05) is 11.3 Å². The SMILES string of the molecule is Cn1nnc2ccc(-c3c[nH]c4nc(NC5CC(C)(O)C5)ncc34)cc21. The maximum atomic E-state index is 9.84. The summed E-state index contributed by atoms with van der Waals surface area (Å²) in [7, 11) is 1.88. The molecule has 0 unspecified atom stereocenters. The van der Waals surface area contributed by atoms with E-state index in [1.54, 1.807) is 4.68 Å². The molecule has 26 heavy (non-hydrogen) atoms. The highest BCUT2D eigenvalue weighted by Crippen LogP contribution is 2.34. The third-order valence-corrected chi connectivity index (χ3v) is 5.06. The van der Waals surface area contributed by atoms with Crippen LogP contribution >= 0.6 is 0 Å². The minimum atomic E-state index is -0.569. The first kappa shape index (κ1) is 15.3. The fraction of sp³-hybridized carbons (Fsp3) is 0.333. The zero-order valence-corrected chi connectivity index (χ0v) is 14.6. The summed E-state index contributed by atoms with van der Waals surface area (Å²) in [5, 5.41) is 22.3. The second-order valence-corrected chi connectivity index (χ2v) is 7.32. The first-order valence-corrected chi connectivity index (χ1v) is 8.61. The van der Waals surface area contributed by atoms with Crippen molar-refractivity contribution in [2.75, 3.05) is 5.32 Å². The average molecular weight is 349 g/mol. The second kappa shape index (κ2) is 5.25. The Labute approximate surface area is 149 Å². The standard InChI is InChI=1S/C18H19N7O/c1-18(26)6-11(7-18)21-17-20-9-13-12(8-19-16(13)22-17)10-3-4-14-15(5-10)25(2)24-23-14/h3-5,8-9,11,26H,6-7H2,1-2H3,(H2,19,20,21,22). The van der Waals surface area contributed by atoms with Gasteiger partial charge in [-0.2, -0.15) is 4.98 Å². The molecule has 132 valence electrons. The number of nitrogens with zero attached hydrogens (tertiary/aromatic N) is 5. The van der Waals surface area contributed by atoms with Crippen molar-refractivity contribution in [2.24, 2.45) is 7.05 Å². The number of aromatic amines is 1. The molecule has 0 bridgehead atoms. The van der Waals surface area contributed by atoms with Gasteiger partial charge in [-0.25, -0.2) is 9.67 Å². The van der Waals surface area contributed by atoms with Crippen molar-refractivity contribution in [3.8, 4) is 11.1 Å². The van der Waals surface area contributed by atoms with E-state index >= 15 is 0 Å². The van der Waals surface area contributed by atoms with Crippen molar-refractivity contribution in [3.63, 3.8) is 0 Å². The van der Waals surface area contributed by atoms with Crippen LogP contribution in [0.25, 0.3) is 33.2 Å². The maximum absolute atomic E-state index is 9.84. The van der Waals surface area contributed by atoms with Crippen LogP contribution in [0, 0.1) is 0 Å². The number of anilines is 1. The van der Waals surface area contributed by atoms with E-state index in [0.717, 1.165) is 33.2 Å². The number of rotatable bonds is 3. The number of nitrogens with one attached hydrogen (secondary N) is 2. The van der Waals surface area contributed by atoms with Gasteiger partial charge in [0, 0.05) is 36.4 Å². The van der Waals surface area contributed by atoms with Gasteiger partial charge in [0.15, 0.2) is 0 Å². The summed E-state index contributed by atoms with van der Waals surface area (Å²) in [6.45, 7) is 1.85. The van der Waals surface area contributed by atoms with Crippen LogP contribution in [0.3, 0.4) is 0 Å². The van der Waals surface area contributed by atoms with Gasteiger partial charge in [-0.15, -0.1) is 5.10 Å². The van der Waals surface area contributed by atoms with Gasteiger partial charge in [0.05, 0.1) is 11.1 Å². The highest BCUT2D eigenvalue weighted by atomic mass is 16.3. The lowest BCUT2D eigenvalue weighted by Crippen LogP contribution is -2.48. The highest BCUT2D eigenvalue weighted by Gasteiger charge is 2.38. The molecule has 0 spiro atoms. The van der Waals surface area contributed by atoms with Crippen molar-refractivity contribution < 1.29 is 5.11 Å². The van der Waals surface area contributed by atoms with Crippen LogP contribution in [0.1, 0.15) is 19.8 Å². The Balaban J connectivity index is 1.48. The number of H-pyrrole nitrogens is 1. The third-order valence-electron chi connectivity index (χ3n) is 5.06. The van der Waals surface area contributed by atoms with Crippen molar-refractivity contribution in [1.29, 1.82) is 0 Å². The summed E-state index contributed by atoms with van der Waals surface area (Å²) in [6.07, 6.45) is 5.20. The fourth-order valence-corrected chi connectivity index (χ4v) is 3.70. The molecule has 1 aliphatic rings. The molecule has 4 aromatic rings. The molecule has 1 saturated carbocycles. The molecule has 0 amide bonds. The molecule has 1 aromatic carbocycles. The van der Waals surface area contributed by atoms with E-state index in [2.05, 4.69) is 36.6 Å². The van der Waals surface area contributed by atoms with Crippen LogP contribution in [0.2, 0.25) is 0 Å². The maximum Gasteiger partial charge on any atom is 0.224 e. The summed E-state index contributed by atoms with van der Waals surface area (Å²) < 4.78 is 1.76. The van der Waals surface area contributed by atoms with E-state index in [4.69, 9.17) is 0 Å². The minimum Gasteiger partial charge on any atom is -0.390 e. The number of hydrogen-bond acceptors (Lipinski definition) is 6. The Morgan fingerprint density at radius 3 is 3.00 bits per heavy atom. The molecule has 8 heteroatoms. The Bertz CT molecular complexity index is 1120. The van der Waals surface area contributed by atoms with E-state index in [9.17, 15) is 5.11 Å². The van der Waals surface area contributed by atoms with Gasteiger partial charge < -0.3 is 15.4 Å². The van der Waals surface area contributed by atoms with Crippen molar-refractivity contribution >= 4 is 28.0 Å². The largest absolute Gasteiger partial charge is 0.390 e. The molecule has 8 nitrogen and oxygen atoms in total. The molecular weight excluding hydrogens is 330 g/mol. The first-order chi connectivity index (χ1) is 12.5. The zero-order chi connectivity index (χ0) is 17.9. The highest BCUT2D eigenvalue weighted by molar-refractivity contribution is 5.95. The lowest BCUT2D eigenvalue weighted by atomic mass is 9.77. The number of benzene rings is 1. The van der Waals surface area contributed by atoms with E-state index in [1.165, 1.54) is 0 Å². The van der Waals surface area contributed by atoms with E-state index in [1.807, 2.05) is 38.5 Å². The molecule has 1 fully saturated rings. The summed E-state index contributed by atoms with van der Waals surface area (Å²) in [4.78, 5) is 12.3. The van der Waals surface area contributed by atoms with E-state index in [-0.39, 0.29) is 6.04 Å². The smallest absolute Gasteiger partial charge is 0.224 e. The summed E-state index contributed by atoms with van der Waals surface area (Å²) >= 11 is 0. The average Bonchev–Trinajstić information content (AvgIpc) is 3.16. The van der Waals surface area contributed by atoms with E-state index in [0.29, 0.717) is 18.8 Å². The fourth-order valence-electron chi connectivity index (χ4n) is 3.70. The normalized spacial score (nSPS) is 22.7. The third kappa shape index (κ3) is 2.41. The number of aliphatic hydroxyl groups is 1. The van der Waals surface area contributed by atoms with Gasteiger partial charge in [0.2, 0.25) is 5.95 Å². The molecule has 0 aliphatic heterocycles. The Morgan fingerprint density at radius 2 is 2.19 bits per heavy atom. The van der Waals surface area contributed by atoms with Gasteiger partial charge in [-0.05, 0) is 37.5 Å². The first-order valence-electron chi connectivity index (χ1n) is 8.61. The van der Waals surface area contributed by atoms with E-state index < -0.39 is 5.60 Å². The Hall–Kier alpha value is -3.00. The van der Waals surface area contributed by atoms with Crippen molar-refractivity contribution in [3.05, 3.63) is 30.6 Å². The molecule has 0 radical (unpaired) electrons. The molecule has 1 aliphatic carbocycles. The van der Waals surface area contributed by atoms with Crippen molar-refractivity contribution in [2.45, 2.75) is 31.4 Å². The lowest BCUT2D eigenvalue weighted by Gasteiger charge is -2.41. The monoisotopic (exact) mass is 349 g/mol. The summed E-state index contributed by atoms with van der Waals surface area (Å²) in [5.74, 6) is 0.581. The van der Waals surface area contributed by atoms with Crippen LogP contribution in [0.4, 0.5) is 5.95 Å². The minimum absolute atomic E-state index is 0.219. The van der Waals surface area contributed by atoms with Crippen LogP contribution < -0.4 is 5.32 Å². The van der Waals surface area contributed by atoms with Crippen LogP contribution in [-0.4, -0.2) is 46.7 Å². The topological polar surface area (TPSA) is 105 Å². The zero-order valence-electron chi connectivity index (χ0n) is 14.6. The predicted molar refractivity (Wildman–Crippen MR) is 98.7 cm³/mol. The van der Waals surface area contributed by atoms with Gasteiger partial charge in [-0.3, -0.25) is 0 Å². The number of hydrogen-bond donors (Lipinski definition) is 3. The Morgan fingerprint density at radius 1 is 1.35 bits per heavy atom. The molecular formula is C18H19N7O. The summed E-state index contributed by atoms with van der Waals surface area (Å²) in [6, 6.07) is 6.29. The second-order valence-electron chi connectivity index (χ2n) is 7.32. The van der Waals surface area contributed by atoms with Crippen LogP contribution in [-0.2, 0) is 7.05 Å². The van der Waals surface area contributed by atoms with Crippen molar-refractivity contribution in [1.82, 2.24) is 29.9 Å². The lowest BCUT2D eigenvalue weighted by molar-refractivity contribution is -0.0235. The van der Waals surface area contributed by atoms with Gasteiger partial charge in [0.1, 0.15) is 11.2 Å². The quantitative estimate of drug-likeness (QED) is 0.524. The van der Waals surface area contributed by atoms with Gasteiger partial charge in [0.25, 0.3) is 0 Å². The molecule has 0 atom stereocenters. The molecule has 5 rings (SSSR count). The van der Waals surface area contributed by atoms with Crippen LogP contribution in [0.15, 0.2) is 30.6 Å². The summed E-state index contributed by atoms with van der Waals surface area (Å²) in [5.41, 5.74) is 4.17. The molecule has 0 saturated heterocycles.